The van der Waals surface area contributed by atoms with Gasteiger partial charge in [-0.1, -0.05) is 24.0 Å². The topological polar surface area (TPSA) is 99.2 Å². The van der Waals surface area contributed by atoms with Gasteiger partial charge in [-0.15, -0.1) is 0 Å². The van der Waals surface area contributed by atoms with Crippen LogP contribution in [0.15, 0.2) is 48.5 Å². The van der Waals surface area contributed by atoms with E-state index in [4.69, 9.17) is 4.74 Å². The summed E-state index contributed by atoms with van der Waals surface area (Å²) in [5, 5.41) is 11.7. The lowest BCUT2D eigenvalue weighted by Crippen LogP contribution is -2.62. The molecule has 0 aromatic heterocycles. The van der Waals surface area contributed by atoms with E-state index in [1.54, 1.807) is 24.3 Å². The van der Waals surface area contributed by atoms with E-state index in [0.717, 1.165) is 35.7 Å². The Labute approximate surface area is 218 Å². The average Bonchev–Trinajstić information content (AvgIpc) is 2.89. The summed E-state index contributed by atoms with van der Waals surface area (Å²) in [7, 11) is 2.73. The van der Waals surface area contributed by atoms with Crippen molar-refractivity contribution in [3.05, 3.63) is 70.8 Å². The molecule has 0 radical (unpaired) electrons. The number of Topliss-reactive ketones (excluding diaryl/α,β-unsaturated/α-hetero) is 1. The predicted molar refractivity (Wildman–Crippen MR) is 141 cm³/mol. The molecule has 2 amide bonds. The summed E-state index contributed by atoms with van der Waals surface area (Å²) in [6, 6.07) is 14.8. The lowest BCUT2D eigenvalue weighted by Gasteiger charge is -2.39. The summed E-state index contributed by atoms with van der Waals surface area (Å²) < 4.78 is 5.80. The summed E-state index contributed by atoms with van der Waals surface area (Å²) in [5.41, 5.74) is 1.30. The lowest BCUT2D eigenvalue weighted by molar-refractivity contribution is -0.143. The number of rotatable bonds is 9. The van der Waals surface area contributed by atoms with Crippen LogP contribution in [0, 0.1) is 11.8 Å². The molecule has 1 saturated heterocycles. The molecule has 0 spiro atoms. The molecule has 0 bridgehead atoms. The molecule has 8 heteroatoms. The van der Waals surface area contributed by atoms with Gasteiger partial charge in [0.05, 0.1) is 12.2 Å². The second kappa shape index (κ2) is 12.2. The zero-order valence-electron chi connectivity index (χ0n) is 22.1. The van der Waals surface area contributed by atoms with Crippen LogP contribution >= 0.6 is 0 Å². The van der Waals surface area contributed by atoms with Crippen molar-refractivity contribution >= 4 is 17.6 Å². The minimum Gasteiger partial charge on any atom is -0.388 e. The standard InChI is InChI=1S/C29H35N3O5/c1-20(2)37-25-17-32(18-25)16-23-10-8-21(9-11-23)6-7-22-12-14-24(15-13-22)27(35)31(5)29(3,26(34)19-33)28(36)30-4/h8-15,20,25,33H,16-19H2,1-5H3,(H,30,36). The average molecular weight is 506 g/mol. The van der Waals surface area contributed by atoms with Crippen LogP contribution in [0.5, 0.6) is 0 Å². The second-order valence-electron chi connectivity index (χ2n) is 9.62. The van der Waals surface area contributed by atoms with Crippen LogP contribution in [0.3, 0.4) is 0 Å². The number of benzene rings is 2. The van der Waals surface area contributed by atoms with Crippen LogP contribution in [0.25, 0.3) is 0 Å². The minimum atomic E-state index is -1.83. The Hall–Kier alpha value is -3.51. The van der Waals surface area contributed by atoms with Crippen LogP contribution in [0.4, 0.5) is 0 Å². The number of ketones is 1. The maximum Gasteiger partial charge on any atom is 0.254 e. The maximum absolute atomic E-state index is 13.0. The first-order valence-corrected chi connectivity index (χ1v) is 12.3. The third-order valence-electron chi connectivity index (χ3n) is 6.56. The Bertz CT molecular complexity index is 1160. The molecule has 1 aliphatic rings. The number of aliphatic hydroxyl groups excluding tert-OH is 1. The van der Waals surface area contributed by atoms with Crippen LogP contribution in [-0.2, 0) is 20.9 Å². The van der Waals surface area contributed by atoms with E-state index in [2.05, 4.69) is 48.0 Å². The van der Waals surface area contributed by atoms with E-state index >= 15 is 0 Å². The molecule has 1 unspecified atom stereocenters. The summed E-state index contributed by atoms with van der Waals surface area (Å²) in [4.78, 5) is 41.0. The number of hydrogen-bond donors (Lipinski definition) is 2. The van der Waals surface area contributed by atoms with Gasteiger partial charge in [-0.3, -0.25) is 19.3 Å². The van der Waals surface area contributed by atoms with Gasteiger partial charge in [0, 0.05) is 50.4 Å². The number of aliphatic hydroxyl groups is 1. The first-order chi connectivity index (χ1) is 17.6. The minimum absolute atomic E-state index is 0.260. The first-order valence-electron chi connectivity index (χ1n) is 12.3. The number of nitrogens with zero attached hydrogens (tertiary/aromatic N) is 2. The molecular formula is C29H35N3O5. The monoisotopic (exact) mass is 505 g/mol. The van der Waals surface area contributed by atoms with Crippen molar-refractivity contribution in [1.29, 1.82) is 0 Å². The van der Waals surface area contributed by atoms with Crippen LogP contribution in [0.2, 0.25) is 0 Å². The van der Waals surface area contributed by atoms with Crippen LogP contribution < -0.4 is 5.32 Å². The number of nitrogens with one attached hydrogen (secondary N) is 1. The van der Waals surface area contributed by atoms with Crippen LogP contribution in [-0.4, -0.2) is 84.0 Å². The predicted octanol–water partition coefficient (Wildman–Crippen LogP) is 1.83. The van der Waals surface area contributed by atoms with Crippen molar-refractivity contribution in [3.8, 4) is 11.8 Å². The molecule has 1 heterocycles. The van der Waals surface area contributed by atoms with Gasteiger partial charge in [-0.05, 0) is 62.7 Å². The van der Waals surface area contributed by atoms with Crippen molar-refractivity contribution in [1.82, 2.24) is 15.1 Å². The van der Waals surface area contributed by atoms with Gasteiger partial charge in [0.1, 0.15) is 6.61 Å². The number of carbonyl (C=O) groups excluding carboxylic acids is 3. The number of ether oxygens (including phenoxy) is 1. The fourth-order valence-electron chi connectivity index (χ4n) is 4.17. The molecule has 2 aromatic carbocycles. The van der Waals surface area contributed by atoms with Crippen LogP contribution in [0.1, 0.15) is 47.8 Å². The Morgan fingerprint density at radius 1 is 1.08 bits per heavy atom. The number of likely N-dealkylation sites (tertiary alicyclic amines) is 1. The third kappa shape index (κ3) is 6.63. The van der Waals surface area contributed by atoms with Crippen molar-refractivity contribution in [2.45, 2.75) is 45.1 Å². The van der Waals surface area contributed by atoms with E-state index in [-0.39, 0.29) is 6.10 Å². The quantitative estimate of drug-likeness (QED) is 0.399. The van der Waals surface area contributed by atoms with Gasteiger partial charge in [-0.2, -0.15) is 0 Å². The molecule has 2 N–H and O–H groups in total. The fraction of sp³-hybridized carbons (Fsp3) is 0.414. The Kier molecular flexibility index (Phi) is 9.22. The smallest absolute Gasteiger partial charge is 0.254 e. The van der Waals surface area contributed by atoms with E-state index in [1.807, 2.05) is 12.1 Å². The fourth-order valence-corrected chi connectivity index (χ4v) is 4.17. The van der Waals surface area contributed by atoms with E-state index < -0.39 is 29.7 Å². The van der Waals surface area contributed by atoms with E-state index in [0.29, 0.717) is 11.7 Å². The molecule has 1 atom stereocenters. The molecule has 2 aromatic rings. The zero-order chi connectivity index (χ0) is 27.2. The highest BCUT2D eigenvalue weighted by Gasteiger charge is 2.46. The van der Waals surface area contributed by atoms with Crippen molar-refractivity contribution < 1.29 is 24.2 Å². The molecule has 1 aliphatic heterocycles. The highest BCUT2D eigenvalue weighted by molar-refractivity contribution is 6.14. The molecule has 196 valence electrons. The highest BCUT2D eigenvalue weighted by Crippen LogP contribution is 2.20. The Balaban J connectivity index is 1.61. The number of likely N-dealkylation sites (N-methyl/N-ethyl adjacent to an activating group) is 2. The third-order valence-corrected chi connectivity index (χ3v) is 6.56. The summed E-state index contributed by atoms with van der Waals surface area (Å²) in [6.07, 6.45) is 0.589. The molecule has 0 saturated carbocycles. The Morgan fingerprint density at radius 2 is 1.62 bits per heavy atom. The molecule has 37 heavy (non-hydrogen) atoms. The number of amides is 2. The van der Waals surface area contributed by atoms with E-state index in [9.17, 15) is 19.5 Å². The van der Waals surface area contributed by atoms with Gasteiger partial charge >= 0.3 is 0 Å². The lowest BCUT2D eigenvalue weighted by atomic mass is 9.92. The molecule has 3 rings (SSSR count). The van der Waals surface area contributed by atoms with Gasteiger partial charge in [0.2, 0.25) is 0 Å². The summed E-state index contributed by atoms with van der Waals surface area (Å²) in [5.74, 6) is 4.26. The molecule has 1 fully saturated rings. The largest absolute Gasteiger partial charge is 0.388 e. The van der Waals surface area contributed by atoms with Gasteiger partial charge in [-0.25, -0.2) is 0 Å². The van der Waals surface area contributed by atoms with Gasteiger partial charge in [0.25, 0.3) is 11.8 Å². The highest BCUT2D eigenvalue weighted by atomic mass is 16.5. The van der Waals surface area contributed by atoms with Crippen molar-refractivity contribution in [2.24, 2.45) is 0 Å². The summed E-state index contributed by atoms with van der Waals surface area (Å²) >= 11 is 0. The number of hydrogen-bond acceptors (Lipinski definition) is 6. The summed E-state index contributed by atoms with van der Waals surface area (Å²) in [6.45, 7) is 7.37. The van der Waals surface area contributed by atoms with Gasteiger partial charge in [0.15, 0.2) is 11.3 Å². The van der Waals surface area contributed by atoms with Crippen molar-refractivity contribution in [2.75, 3.05) is 33.8 Å². The SMILES string of the molecule is CNC(=O)C(C)(C(=O)CO)N(C)C(=O)c1ccc(C#Cc2ccc(CN3CC(OC(C)C)C3)cc2)cc1. The molecule has 8 nitrogen and oxygen atoms in total. The zero-order valence-corrected chi connectivity index (χ0v) is 22.1. The molecule has 0 aliphatic carbocycles. The van der Waals surface area contributed by atoms with Gasteiger partial charge < -0.3 is 20.1 Å². The second-order valence-corrected chi connectivity index (χ2v) is 9.62. The number of carbonyl (C=O) groups is 3. The normalized spacial score (nSPS) is 15.2. The Morgan fingerprint density at radius 3 is 2.11 bits per heavy atom. The molecular weight excluding hydrogens is 470 g/mol. The maximum atomic E-state index is 13.0. The van der Waals surface area contributed by atoms with E-state index in [1.165, 1.54) is 26.6 Å². The van der Waals surface area contributed by atoms with Crippen molar-refractivity contribution in [3.63, 3.8) is 0 Å². The first kappa shape index (κ1) is 28.1.